The van der Waals surface area contributed by atoms with Gasteiger partial charge < -0.3 is 15.0 Å². The van der Waals surface area contributed by atoms with Gasteiger partial charge in [0, 0.05) is 25.5 Å². The molecule has 0 aliphatic carbocycles. The van der Waals surface area contributed by atoms with Crippen LogP contribution < -0.4 is 10.1 Å². The summed E-state index contributed by atoms with van der Waals surface area (Å²) in [7, 11) is 0.135. The number of aryl methyl sites for hydroxylation is 1. The van der Waals surface area contributed by atoms with Crippen molar-refractivity contribution in [2.24, 2.45) is 0 Å². The lowest BCUT2D eigenvalue weighted by Gasteiger charge is -2.23. The quantitative estimate of drug-likeness (QED) is 0.830. The van der Waals surface area contributed by atoms with Crippen LogP contribution in [0.3, 0.4) is 0 Å². The summed E-state index contributed by atoms with van der Waals surface area (Å²) in [5.41, 5.74) is 2.09. The van der Waals surface area contributed by atoms with Gasteiger partial charge >= 0.3 is 0 Å². The lowest BCUT2D eigenvalue weighted by Crippen LogP contribution is -2.37. The monoisotopic (exact) mass is 390 g/mol. The first-order valence-electron chi connectivity index (χ1n) is 8.50. The third-order valence-corrected chi connectivity index (χ3v) is 6.33. The van der Waals surface area contributed by atoms with E-state index in [0.29, 0.717) is 23.7 Å². The maximum Gasteiger partial charge on any atom is 0.257 e. The maximum atomic E-state index is 12.6. The van der Waals surface area contributed by atoms with Gasteiger partial charge in [0.15, 0.2) is 9.84 Å². The molecular weight excluding hydrogens is 368 g/mol. The Morgan fingerprint density at radius 1 is 1.30 bits per heavy atom. The Morgan fingerprint density at radius 3 is 2.59 bits per heavy atom. The molecule has 0 saturated carbocycles. The number of nitrogens with zero attached hydrogens (tertiary/aromatic N) is 3. The van der Waals surface area contributed by atoms with Crippen molar-refractivity contribution in [1.29, 1.82) is 0 Å². The Hall–Kier alpha value is -2.68. The fraction of sp³-hybridized carbons (Fsp3) is 0.389. The molecule has 2 aromatic rings. The van der Waals surface area contributed by atoms with E-state index in [-0.39, 0.29) is 23.5 Å². The van der Waals surface area contributed by atoms with Gasteiger partial charge in [-0.05, 0) is 31.0 Å². The summed E-state index contributed by atoms with van der Waals surface area (Å²) in [5.74, 6) is 0.820. The highest BCUT2D eigenvalue weighted by molar-refractivity contribution is 7.91. The van der Waals surface area contributed by atoms with Gasteiger partial charge in [0.25, 0.3) is 5.91 Å². The Balaban J connectivity index is 1.72. The van der Waals surface area contributed by atoms with Crippen LogP contribution in [0.1, 0.15) is 22.3 Å². The molecular formula is C18H22N4O4S. The number of ether oxygens (including phenoxy) is 1. The molecule has 1 fully saturated rings. The summed E-state index contributed by atoms with van der Waals surface area (Å²) in [6, 6.07) is 5.39. The minimum Gasteiger partial charge on any atom is -0.495 e. The van der Waals surface area contributed by atoms with Crippen molar-refractivity contribution in [3.05, 3.63) is 41.7 Å². The van der Waals surface area contributed by atoms with E-state index in [1.807, 2.05) is 25.1 Å². The third kappa shape index (κ3) is 4.36. The lowest BCUT2D eigenvalue weighted by atomic mass is 10.2. The lowest BCUT2D eigenvalue weighted by molar-refractivity contribution is 0.0747. The van der Waals surface area contributed by atoms with Crippen molar-refractivity contribution < 1.29 is 17.9 Å². The van der Waals surface area contributed by atoms with E-state index in [0.717, 1.165) is 11.3 Å². The van der Waals surface area contributed by atoms with E-state index in [9.17, 15) is 13.2 Å². The van der Waals surface area contributed by atoms with Crippen LogP contribution >= 0.6 is 0 Å². The molecule has 1 N–H and O–H groups in total. The summed E-state index contributed by atoms with van der Waals surface area (Å²) < 4.78 is 28.5. The molecule has 27 heavy (non-hydrogen) atoms. The summed E-state index contributed by atoms with van der Waals surface area (Å²) in [6.07, 6.45) is 3.32. The van der Waals surface area contributed by atoms with Crippen LogP contribution in [-0.4, -0.2) is 60.9 Å². The maximum absolute atomic E-state index is 12.6. The Morgan fingerprint density at radius 2 is 2.00 bits per heavy atom. The van der Waals surface area contributed by atoms with Gasteiger partial charge in [0.1, 0.15) is 5.75 Å². The van der Waals surface area contributed by atoms with Gasteiger partial charge in [-0.3, -0.25) is 4.79 Å². The van der Waals surface area contributed by atoms with Crippen LogP contribution in [0.15, 0.2) is 30.6 Å². The Labute approximate surface area is 158 Å². The SMILES string of the molecule is COc1ccc(C)cc1Nc1ncc(C(=O)N(C)C2CCS(=O)(=O)C2)cn1. The highest BCUT2D eigenvalue weighted by Crippen LogP contribution is 2.27. The van der Waals surface area contributed by atoms with Gasteiger partial charge in [-0.1, -0.05) is 6.07 Å². The van der Waals surface area contributed by atoms with Crippen LogP contribution in [-0.2, 0) is 9.84 Å². The number of nitrogens with one attached hydrogen (secondary N) is 1. The number of aromatic nitrogens is 2. The number of methoxy groups -OCH3 is 1. The molecule has 9 heteroatoms. The molecule has 0 bridgehead atoms. The van der Waals surface area contributed by atoms with Crippen LogP contribution in [0.2, 0.25) is 0 Å². The molecule has 1 aliphatic heterocycles. The largest absolute Gasteiger partial charge is 0.495 e. The molecule has 1 unspecified atom stereocenters. The average molecular weight is 390 g/mol. The number of sulfone groups is 1. The molecule has 1 atom stereocenters. The summed E-state index contributed by atoms with van der Waals surface area (Å²) in [6.45, 7) is 1.96. The van der Waals surface area contributed by atoms with Crippen LogP contribution in [0, 0.1) is 6.92 Å². The number of benzene rings is 1. The second-order valence-electron chi connectivity index (χ2n) is 6.60. The van der Waals surface area contributed by atoms with Crippen molar-refractivity contribution in [2.75, 3.05) is 31.0 Å². The second kappa shape index (κ2) is 7.51. The first-order valence-corrected chi connectivity index (χ1v) is 10.3. The minimum atomic E-state index is -3.05. The number of rotatable bonds is 5. The summed E-state index contributed by atoms with van der Waals surface area (Å²) >= 11 is 0. The molecule has 1 aliphatic rings. The van der Waals surface area contributed by atoms with Crippen molar-refractivity contribution in [3.63, 3.8) is 0 Å². The van der Waals surface area contributed by atoms with E-state index in [2.05, 4.69) is 15.3 Å². The summed E-state index contributed by atoms with van der Waals surface area (Å²) in [5, 5.41) is 3.07. The normalized spacial score (nSPS) is 18.1. The van der Waals surface area contributed by atoms with Crippen LogP contribution in [0.25, 0.3) is 0 Å². The summed E-state index contributed by atoms with van der Waals surface area (Å²) in [4.78, 5) is 22.4. The zero-order valence-corrected chi connectivity index (χ0v) is 16.3. The van der Waals surface area contributed by atoms with Crippen molar-refractivity contribution in [1.82, 2.24) is 14.9 Å². The Kier molecular flexibility index (Phi) is 5.31. The molecule has 0 radical (unpaired) electrons. The smallest absolute Gasteiger partial charge is 0.257 e. The molecule has 1 aromatic carbocycles. The molecule has 0 spiro atoms. The van der Waals surface area contributed by atoms with Crippen molar-refractivity contribution in [2.45, 2.75) is 19.4 Å². The fourth-order valence-corrected chi connectivity index (χ4v) is 4.77. The predicted molar refractivity (Wildman–Crippen MR) is 102 cm³/mol. The number of hydrogen-bond donors (Lipinski definition) is 1. The van der Waals surface area contributed by atoms with Gasteiger partial charge in [0.2, 0.25) is 5.95 Å². The van der Waals surface area contributed by atoms with Gasteiger partial charge in [-0.25, -0.2) is 18.4 Å². The molecule has 1 saturated heterocycles. The standard InChI is InChI=1S/C18H22N4O4S/c1-12-4-5-16(26-3)15(8-12)21-18-19-9-13(10-20-18)17(23)22(2)14-6-7-27(24,25)11-14/h4-5,8-10,14H,6-7,11H2,1-3H3,(H,19,20,21). The predicted octanol–water partition coefficient (Wildman–Crippen LogP) is 1.80. The topological polar surface area (TPSA) is 101 Å². The van der Waals surface area contributed by atoms with E-state index in [1.165, 1.54) is 17.3 Å². The zero-order chi connectivity index (χ0) is 19.6. The first kappa shape index (κ1) is 19.1. The second-order valence-corrected chi connectivity index (χ2v) is 8.83. The average Bonchev–Trinajstić information content (AvgIpc) is 3.01. The number of anilines is 2. The highest BCUT2D eigenvalue weighted by atomic mass is 32.2. The first-order chi connectivity index (χ1) is 12.8. The number of carbonyl (C=O) groups is 1. The zero-order valence-electron chi connectivity index (χ0n) is 15.5. The van der Waals surface area contributed by atoms with E-state index < -0.39 is 9.84 Å². The molecule has 1 aromatic heterocycles. The van der Waals surface area contributed by atoms with Crippen LogP contribution in [0.4, 0.5) is 11.6 Å². The third-order valence-electron chi connectivity index (χ3n) is 4.58. The van der Waals surface area contributed by atoms with E-state index >= 15 is 0 Å². The van der Waals surface area contributed by atoms with E-state index in [1.54, 1.807) is 14.2 Å². The van der Waals surface area contributed by atoms with Gasteiger partial charge in [-0.2, -0.15) is 0 Å². The Bertz CT molecular complexity index is 944. The van der Waals surface area contributed by atoms with Crippen LogP contribution in [0.5, 0.6) is 5.75 Å². The van der Waals surface area contributed by atoms with Crippen molar-refractivity contribution in [3.8, 4) is 5.75 Å². The fourth-order valence-electron chi connectivity index (χ4n) is 2.99. The van der Waals surface area contributed by atoms with Gasteiger partial charge in [0.05, 0.1) is 29.9 Å². The van der Waals surface area contributed by atoms with Crippen molar-refractivity contribution >= 4 is 27.4 Å². The van der Waals surface area contributed by atoms with E-state index in [4.69, 9.17) is 4.74 Å². The molecule has 8 nitrogen and oxygen atoms in total. The molecule has 2 heterocycles. The molecule has 144 valence electrons. The molecule has 1 amide bonds. The molecule has 3 rings (SSSR count). The minimum absolute atomic E-state index is 0.00287. The number of hydrogen-bond acceptors (Lipinski definition) is 7. The number of amides is 1. The number of carbonyl (C=O) groups excluding carboxylic acids is 1. The van der Waals surface area contributed by atoms with Gasteiger partial charge in [-0.15, -0.1) is 0 Å². The highest BCUT2D eigenvalue weighted by Gasteiger charge is 2.33.